The van der Waals surface area contributed by atoms with Crippen LogP contribution in [-0.4, -0.2) is 0 Å². The molecule has 0 N–H and O–H groups in total. The lowest BCUT2D eigenvalue weighted by Crippen LogP contribution is -2.30. The normalized spacial score (nSPS) is 54.4. The van der Waals surface area contributed by atoms with Crippen molar-refractivity contribution in [1.29, 1.82) is 0 Å². The second-order valence-electron chi connectivity index (χ2n) is 4.92. The zero-order valence-electron chi connectivity index (χ0n) is 7.22. The summed E-state index contributed by atoms with van der Waals surface area (Å²) in [4.78, 5) is 0. The number of fused-ring (bicyclic) bond motifs is 4. The molecule has 2 fully saturated rings. The van der Waals surface area contributed by atoms with Crippen molar-refractivity contribution in [2.24, 2.45) is 29.1 Å². The first kappa shape index (κ1) is 6.12. The topological polar surface area (TPSA) is 0 Å². The molecule has 58 valence electrons. The summed E-state index contributed by atoms with van der Waals surface area (Å²) in [5.74, 6) is 10.5. The zero-order chi connectivity index (χ0) is 7.64. The maximum absolute atomic E-state index is 3.42. The largest absolute Gasteiger partial charge is 0.103 e. The Balaban J connectivity index is 1.93. The lowest BCUT2D eigenvalue weighted by atomic mass is 9.70. The molecule has 4 atom stereocenters. The molecule has 0 saturated heterocycles. The molecular weight excluding hydrogens is 132 g/mol. The van der Waals surface area contributed by atoms with Crippen LogP contribution in [0.15, 0.2) is 0 Å². The lowest BCUT2D eigenvalue weighted by Gasteiger charge is -2.33. The Morgan fingerprint density at radius 3 is 2.82 bits per heavy atom. The van der Waals surface area contributed by atoms with Crippen LogP contribution < -0.4 is 0 Å². The van der Waals surface area contributed by atoms with Gasteiger partial charge in [0.1, 0.15) is 0 Å². The molecule has 0 bridgehead atoms. The van der Waals surface area contributed by atoms with Crippen LogP contribution in [0.25, 0.3) is 0 Å². The van der Waals surface area contributed by atoms with Gasteiger partial charge >= 0.3 is 0 Å². The monoisotopic (exact) mass is 146 g/mol. The molecule has 0 aromatic carbocycles. The van der Waals surface area contributed by atoms with Gasteiger partial charge in [0, 0.05) is 12.3 Å². The van der Waals surface area contributed by atoms with Gasteiger partial charge in [-0.2, -0.15) is 0 Å². The van der Waals surface area contributed by atoms with E-state index in [1.165, 1.54) is 12.8 Å². The molecule has 0 heterocycles. The SMILES string of the molecule is CC1(C)C2C3C#CCCC3C21. The van der Waals surface area contributed by atoms with Crippen molar-refractivity contribution in [1.82, 2.24) is 0 Å². The van der Waals surface area contributed by atoms with E-state index in [1.54, 1.807) is 0 Å². The van der Waals surface area contributed by atoms with Crippen LogP contribution in [-0.2, 0) is 0 Å². The second kappa shape index (κ2) is 1.51. The lowest BCUT2D eigenvalue weighted by molar-refractivity contribution is 0.194. The summed E-state index contributed by atoms with van der Waals surface area (Å²) >= 11 is 0. The van der Waals surface area contributed by atoms with Crippen LogP contribution in [0.3, 0.4) is 0 Å². The summed E-state index contributed by atoms with van der Waals surface area (Å²) in [6, 6.07) is 0. The fraction of sp³-hybridized carbons (Fsp3) is 0.818. The Hall–Kier alpha value is -0.440. The van der Waals surface area contributed by atoms with Gasteiger partial charge < -0.3 is 0 Å². The molecular formula is C11H14. The van der Waals surface area contributed by atoms with Gasteiger partial charge in [0.25, 0.3) is 0 Å². The summed E-state index contributed by atoms with van der Waals surface area (Å²) in [7, 11) is 0. The summed E-state index contributed by atoms with van der Waals surface area (Å²) in [6.07, 6.45) is 2.56. The highest BCUT2D eigenvalue weighted by molar-refractivity contribution is 5.30. The first-order valence-electron chi connectivity index (χ1n) is 4.71. The van der Waals surface area contributed by atoms with Gasteiger partial charge in [0.05, 0.1) is 0 Å². The van der Waals surface area contributed by atoms with Gasteiger partial charge in [0.2, 0.25) is 0 Å². The quantitative estimate of drug-likeness (QED) is 0.460. The Bertz CT molecular complexity index is 263. The van der Waals surface area contributed by atoms with E-state index in [9.17, 15) is 0 Å². The second-order valence-corrected chi connectivity index (χ2v) is 4.92. The minimum atomic E-state index is 0.661. The number of rotatable bonds is 0. The van der Waals surface area contributed by atoms with Gasteiger partial charge in [-0.05, 0) is 29.6 Å². The third-order valence-corrected chi connectivity index (χ3v) is 4.18. The number of hydrogen-bond acceptors (Lipinski definition) is 0. The Kier molecular flexibility index (Phi) is 0.838. The third kappa shape index (κ3) is 0.515. The van der Waals surface area contributed by atoms with E-state index >= 15 is 0 Å². The molecule has 0 spiro atoms. The van der Waals surface area contributed by atoms with Gasteiger partial charge in [-0.3, -0.25) is 0 Å². The molecule has 0 heteroatoms. The summed E-state index contributed by atoms with van der Waals surface area (Å²) < 4.78 is 0. The predicted octanol–water partition coefficient (Wildman–Crippen LogP) is 2.30. The highest BCUT2D eigenvalue weighted by atomic mass is 14.8. The van der Waals surface area contributed by atoms with Gasteiger partial charge in [0.15, 0.2) is 0 Å². The molecule has 0 radical (unpaired) electrons. The van der Waals surface area contributed by atoms with E-state index in [0.29, 0.717) is 5.41 Å². The summed E-state index contributed by atoms with van der Waals surface area (Å²) in [5.41, 5.74) is 0.661. The summed E-state index contributed by atoms with van der Waals surface area (Å²) in [6.45, 7) is 4.84. The Morgan fingerprint density at radius 1 is 1.27 bits per heavy atom. The van der Waals surface area contributed by atoms with Crippen LogP contribution in [0.2, 0.25) is 0 Å². The predicted molar refractivity (Wildman–Crippen MR) is 44.8 cm³/mol. The molecule has 0 amide bonds. The first-order chi connectivity index (χ1) is 5.23. The highest BCUT2D eigenvalue weighted by Gasteiger charge is 2.73. The fourth-order valence-electron chi connectivity index (χ4n) is 3.55. The van der Waals surface area contributed by atoms with E-state index in [0.717, 1.165) is 23.7 Å². The average molecular weight is 146 g/mol. The standard InChI is InChI=1S/C11H14/c1-11(2)9-7-5-3-4-6-8(7)10(9)11/h7-10H,3,5H2,1-2H3. The molecule has 4 unspecified atom stereocenters. The molecule has 0 nitrogen and oxygen atoms in total. The van der Waals surface area contributed by atoms with Crippen LogP contribution >= 0.6 is 0 Å². The average Bonchev–Trinajstić information content (AvgIpc) is 2.39. The smallest absolute Gasteiger partial charge is 0.0270 e. The van der Waals surface area contributed by atoms with Crippen molar-refractivity contribution < 1.29 is 0 Å². The first-order valence-corrected chi connectivity index (χ1v) is 4.71. The Labute approximate surface area is 68.4 Å². The molecule has 3 aliphatic rings. The highest BCUT2D eigenvalue weighted by Crippen LogP contribution is 2.76. The van der Waals surface area contributed by atoms with Crippen LogP contribution in [0.4, 0.5) is 0 Å². The van der Waals surface area contributed by atoms with Crippen molar-refractivity contribution in [3.8, 4) is 11.8 Å². The van der Waals surface area contributed by atoms with E-state index in [4.69, 9.17) is 0 Å². The molecule has 0 aliphatic heterocycles. The van der Waals surface area contributed by atoms with Gasteiger partial charge in [-0.1, -0.05) is 19.8 Å². The number of hydrogen-bond donors (Lipinski definition) is 0. The molecule has 2 saturated carbocycles. The van der Waals surface area contributed by atoms with Crippen molar-refractivity contribution >= 4 is 0 Å². The van der Waals surface area contributed by atoms with E-state index in [-0.39, 0.29) is 0 Å². The van der Waals surface area contributed by atoms with Crippen molar-refractivity contribution in [3.63, 3.8) is 0 Å². The molecule has 3 aliphatic carbocycles. The fourth-order valence-corrected chi connectivity index (χ4v) is 3.55. The minimum absolute atomic E-state index is 0.661. The molecule has 0 aromatic heterocycles. The maximum Gasteiger partial charge on any atom is 0.0270 e. The van der Waals surface area contributed by atoms with Gasteiger partial charge in [-0.15, -0.1) is 5.92 Å². The van der Waals surface area contributed by atoms with Gasteiger partial charge in [-0.25, -0.2) is 0 Å². The van der Waals surface area contributed by atoms with Crippen LogP contribution in [0.5, 0.6) is 0 Å². The van der Waals surface area contributed by atoms with Crippen molar-refractivity contribution in [3.05, 3.63) is 0 Å². The van der Waals surface area contributed by atoms with Crippen LogP contribution in [0.1, 0.15) is 26.7 Å². The Morgan fingerprint density at radius 2 is 2.09 bits per heavy atom. The van der Waals surface area contributed by atoms with E-state index in [1.807, 2.05) is 0 Å². The maximum atomic E-state index is 3.42. The van der Waals surface area contributed by atoms with Crippen molar-refractivity contribution in [2.45, 2.75) is 26.7 Å². The molecule has 11 heavy (non-hydrogen) atoms. The van der Waals surface area contributed by atoms with E-state index < -0.39 is 0 Å². The van der Waals surface area contributed by atoms with Crippen LogP contribution in [0, 0.1) is 40.9 Å². The minimum Gasteiger partial charge on any atom is -0.103 e. The zero-order valence-corrected chi connectivity index (χ0v) is 7.22. The third-order valence-electron chi connectivity index (χ3n) is 4.18. The van der Waals surface area contributed by atoms with Crippen molar-refractivity contribution in [2.75, 3.05) is 0 Å². The van der Waals surface area contributed by atoms with E-state index in [2.05, 4.69) is 25.7 Å². The molecule has 3 rings (SSSR count). The summed E-state index contributed by atoms with van der Waals surface area (Å²) in [5, 5.41) is 0. The molecule has 0 aromatic rings.